The van der Waals surface area contributed by atoms with Crippen LogP contribution in [0.4, 0.5) is 0 Å². The minimum absolute atomic E-state index is 0.479. The van der Waals surface area contributed by atoms with E-state index >= 15 is 0 Å². The molecule has 1 N–H and O–H groups in total. The number of nitrogens with one attached hydrogen (secondary N) is 1. The topological polar surface area (TPSA) is 30.5 Å². The summed E-state index contributed by atoms with van der Waals surface area (Å²) in [5, 5.41) is 3.87. The maximum absolute atomic E-state index is 5.55. The Balaban J connectivity index is 1.67. The highest BCUT2D eigenvalue weighted by Gasteiger charge is 2.37. The summed E-state index contributed by atoms with van der Waals surface area (Å²) in [5.41, 5.74) is 3.34. The second kappa shape index (κ2) is 7.01. The molecule has 2 aliphatic carbocycles. The Labute approximate surface area is 134 Å². The Morgan fingerprint density at radius 1 is 1.23 bits per heavy atom. The molecular weight excluding hydrogens is 274 g/mol. The van der Waals surface area contributed by atoms with Crippen molar-refractivity contribution in [1.29, 1.82) is 0 Å². The standard InChI is InChI=1S/C19H29NO2/c1-21-13-12-19(10-5-11-19)14-20-17-8-3-7-16-15(17)6-4-9-18(16)22-2/h4,6,9,17,20H,3,5,7-8,10-14H2,1-2H3/t17-/m0/s1. The Morgan fingerprint density at radius 2 is 2.09 bits per heavy atom. The minimum atomic E-state index is 0.479. The van der Waals surface area contributed by atoms with Crippen LogP contribution in [0.2, 0.25) is 0 Å². The first-order chi connectivity index (χ1) is 10.8. The molecule has 2 aliphatic rings. The Bertz CT molecular complexity index is 496. The van der Waals surface area contributed by atoms with Crippen molar-refractivity contribution in [2.75, 3.05) is 27.4 Å². The van der Waals surface area contributed by atoms with Crippen LogP contribution in [0.1, 0.15) is 55.7 Å². The summed E-state index contributed by atoms with van der Waals surface area (Å²) in [4.78, 5) is 0. The first-order valence-electron chi connectivity index (χ1n) is 8.66. The SMILES string of the molecule is COCCC1(CN[C@H]2CCCc3c(OC)cccc32)CCC1. The van der Waals surface area contributed by atoms with Gasteiger partial charge in [-0.15, -0.1) is 0 Å². The quantitative estimate of drug-likeness (QED) is 0.829. The van der Waals surface area contributed by atoms with Crippen molar-refractivity contribution in [3.05, 3.63) is 29.3 Å². The van der Waals surface area contributed by atoms with Gasteiger partial charge in [-0.05, 0) is 61.1 Å². The summed E-state index contributed by atoms with van der Waals surface area (Å²) in [6, 6.07) is 6.98. The summed E-state index contributed by atoms with van der Waals surface area (Å²) >= 11 is 0. The number of fused-ring (bicyclic) bond motifs is 1. The zero-order valence-electron chi connectivity index (χ0n) is 14.0. The van der Waals surface area contributed by atoms with Crippen LogP contribution < -0.4 is 10.1 Å². The van der Waals surface area contributed by atoms with E-state index in [4.69, 9.17) is 9.47 Å². The van der Waals surface area contributed by atoms with Crippen LogP contribution >= 0.6 is 0 Å². The van der Waals surface area contributed by atoms with Crippen LogP contribution in [0.15, 0.2) is 18.2 Å². The van der Waals surface area contributed by atoms with E-state index in [1.807, 2.05) is 7.11 Å². The van der Waals surface area contributed by atoms with E-state index in [2.05, 4.69) is 23.5 Å². The lowest BCUT2D eigenvalue weighted by atomic mass is 9.66. The van der Waals surface area contributed by atoms with Gasteiger partial charge in [-0.3, -0.25) is 0 Å². The zero-order valence-corrected chi connectivity index (χ0v) is 14.0. The highest BCUT2D eigenvalue weighted by Crippen LogP contribution is 2.44. The largest absolute Gasteiger partial charge is 0.496 e. The molecule has 0 aliphatic heterocycles. The molecule has 1 aromatic carbocycles. The van der Waals surface area contributed by atoms with E-state index < -0.39 is 0 Å². The average Bonchev–Trinajstić information content (AvgIpc) is 2.53. The van der Waals surface area contributed by atoms with Gasteiger partial charge in [0, 0.05) is 26.3 Å². The molecule has 0 saturated heterocycles. The summed E-state index contributed by atoms with van der Waals surface area (Å²) in [5.74, 6) is 1.06. The van der Waals surface area contributed by atoms with Gasteiger partial charge >= 0.3 is 0 Å². The summed E-state index contributed by atoms with van der Waals surface area (Å²) in [6.07, 6.45) is 8.89. The van der Waals surface area contributed by atoms with Crippen LogP contribution in [0.5, 0.6) is 5.75 Å². The van der Waals surface area contributed by atoms with Crippen molar-refractivity contribution >= 4 is 0 Å². The Hall–Kier alpha value is -1.06. The minimum Gasteiger partial charge on any atom is -0.496 e. The predicted molar refractivity (Wildman–Crippen MR) is 89.5 cm³/mol. The lowest BCUT2D eigenvalue weighted by Crippen LogP contribution is -2.42. The maximum atomic E-state index is 5.55. The van der Waals surface area contributed by atoms with E-state index in [1.54, 1.807) is 7.11 Å². The van der Waals surface area contributed by atoms with Crippen LogP contribution in [0, 0.1) is 5.41 Å². The van der Waals surface area contributed by atoms with Gasteiger partial charge in [-0.1, -0.05) is 18.6 Å². The molecule has 3 rings (SSSR count). The predicted octanol–water partition coefficient (Wildman–Crippen LogP) is 3.87. The molecule has 1 aromatic rings. The van der Waals surface area contributed by atoms with Gasteiger partial charge in [0.05, 0.1) is 7.11 Å². The number of methoxy groups -OCH3 is 2. The molecule has 1 atom stereocenters. The molecule has 22 heavy (non-hydrogen) atoms. The molecule has 3 heteroatoms. The van der Waals surface area contributed by atoms with Gasteiger partial charge in [0.15, 0.2) is 0 Å². The summed E-state index contributed by atoms with van der Waals surface area (Å²) < 4.78 is 10.9. The second-order valence-corrected chi connectivity index (χ2v) is 6.95. The van der Waals surface area contributed by atoms with Crippen molar-refractivity contribution in [2.45, 2.75) is 51.0 Å². The third-order valence-electron chi connectivity index (χ3n) is 5.66. The van der Waals surface area contributed by atoms with Crippen molar-refractivity contribution in [3.63, 3.8) is 0 Å². The molecule has 0 heterocycles. The van der Waals surface area contributed by atoms with E-state index in [0.717, 1.165) is 25.3 Å². The molecule has 0 spiro atoms. The number of hydrogen-bond donors (Lipinski definition) is 1. The highest BCUT2D eigenvalue weighted by molar-refractivity contribution is 5.43. The van der Waals surface area contributed by atoms with Gasteiger partial charge in [0.2, 0.25) is 0 Å². The molecule has 3 nitrogen and oxygen atoms in total. The molecule has 0 aromatic heterocycles. The molecule has 0 radical (unpaired) electrons. The van der Waals surface area contributed by atoms with Crippen LogP contribution in [0.3, 0.4) is 0 Å². The number of rotatable bonds is 7. The van der Waals surface area contributed by atoms with Gasteiger partial charge < -0.3 is 14.8 Å². The fraction of sp³-hybridized carbons (Fsp3) is 0.684. The first kappa shape index (κ1) is 15.8. The fourth-order valence-corrected chi connectivity index (χ4v) is 4.07. The second-order valence-electron chi connectivity index (χ2n) is 6.95. The highest BCUT2D eigenvalue weighted by atomic mass is 16.5. The normalized spacial score (nSPS) is 22.7. The molecule has 1 fully saturated rings. The summed E-state index contributed by atoms with van der Waals surface area (Å²) in [7, 11) is 3.59. The van der Waals surface area contributed by atoms with E-state index in [9.17, 15) is 0 Å². The zero-order chi connectivity index (χ0) is 15.4. The first-order valence-corrected chi connectivity index (χ1v) is 8.66. The van der Waals surface area contributed by atoms with E-state index in [0.29, 0.717) is 11.5 Å². The van der Waals surface area contributed by atoms with Crippen molar-refractivity contribution in [2.24, 2.45) is 5.41 Å². The summed E-state index contributed by atoms with van der Waals surface area (Å²) in [6.45, 7) is 2.01. The average molecular weight is 303 g/mol. The molecule has 1 saturated carbocycles. The maximum Gasteiger partial charge on any atom is 0.122 e. The molecule has 0 amide bonds. The third-order valence-corrected chi connectivity index (χ3v) is 5.66. The Kier molecular flexibility index (Phi) is 5.04. The van der Waals surface area contributed by atoms with Crippen LogP contribution in [0.25, 0.3) is 0 Å². The van der Waals surface area contributed by atoms with E-state index in [1.165, 1.54) is 49.7 Å². The number of benzene rings is 1. The van der Waals surface area contributed by atoms with Crippen molar-refractivity contribution < 1.29 is 9.47 Å². The number of hydrogen-bond acceptors (Lipinski definition) is 3. The third kappa shape index (κ3) is 3.16. The van der Waals surface area contributed by atoms with Crippen LogP contribution in [-0.2, 0) is 11.2 Å². The van der Waals surface area contributed by atoms with Gasteiger partial charge in [-0.25, -0.2) is 0 Å². The molecule has 0 unspecified atom stereocenters. The lowest BCUT2D eigenvalue weighted by Gasteiger charge is -2.43. The lowest BCUT2D eigenvalue weighted by molar-refractivity contribution is 0.0657. The molecular formula is C19H29NO2. The smallest absolute Gasteiger partial charge is 0.122 e. The van der Waals surface area contributed by atoms with Gasteiger partial charge in [-0.2, -0.15) is 0 Å². The van der Waals surface area contributed by atoms with Crippen molar-refractivity contribution in [3.8, 4) is 5.75 Å². The van der Waals surface area contributed by atoms with Crippen molar-refractivity contribution in [1.82, 2.24) is 5.32 Å². The number of ether oxygens (including phenoxy) is 2. The van der Waals surface area contributed by atoms with Gasteiger partial charge in [0.1, 0.15) is 5.75 Å². The Morgan fingerprint density at radius 3 is 2.77 bits per heavy atom. The molecule has 0 bridgehead atoms. The van der Waals surface area contributed by atoms with Gasteiger partial charge in [0.25, 0.3) is 0 Å². The monoisotopic (exact) mass is 303 g/mol. The van der Waals surface area contributed by atoms with Crippen LogP contribution in [-0.4, -0.2) is 27.4 Å². The van der Waals surface area contributed by atoms with E-state index in [-0.39, 0.29) is 0 Å². The fourth-order valence-electron chi connectivity index (χ4n) is 4.07. The molecule has 122 valence electrons.